The van der Waals surface area contributed by atoms with Crippen LogP contribution in [0.25, 0.3) is 0 Å². The van der Waals surface area contributed by atoms with Crippen LogP contribution in [0.4, 0.5) is 0 Å². The molecule has 1 atom stereocenters. The van der Waals surface area contributed by atoms with Crippen molar-refractivity contribution in [1.29, 1.82) is 5.41 Å². The number of carbonyl (C=O) groups is 1. The fourth-order valence-corrected chi connectivity index (χ4v) is 0.918. The zero-order valence-corrected chi connectivity index (χ0v) is 8.80. The third kappa shape index (κ3) is 3.23. The molecule has 0 saturated carbocycles. The van der Waals surface area contributed by atoms with Crippen LogP contribution >= 0.6 is 0 Å². The molecule has 0 unspecified atom stereocenters. The van der Waals surface area contributed by atoms with Gasteiger partial charge in [0.15, 0.2) is 0 Å². The molecule has 0 radical (unpaired) electrons. The minimum absolute atomic E-state index is 0.0798. The number of carboxylic acids is 1. The van der Waals surface area contributed by atoms with Gasteiger partial charge >= 0.3 is 5.97 Å². The van der Waals surface area contributed by atoms with Gasteiger partial charge in [-0.25, -0.2) is 4.98 Å². The van der Waals surface area contributed by atoms with Crippen LogP contribution in [0.3, 0.4) is 0 Å². The fraction of sp³-hybridized carbons (Fsp3) is 0.300. The molecule has 4 N–H and O–H groups in total. The number of amidine groups is 1. The van der Waals surface area contributed by atoms with Crippen LogP contribution in [-0.2, 0) is 4.79 Å². The molecule has 1 aromatic heterocycles. The van der Waals surface area contributed by atoms with Crippen molar-refractivity contribution in [2.75, 3.05) is 6.61 Å². The zero-order chi connectivity index (χ0) is 12.1. The van der Waals surface area contributed by atoms with Crippen molar-refractivity contribution in [2.45, 2.75) is 6.92 Å². The Morgan fingerprint density at radius 3 is 2.81 bits per heavy atom. The highest BCUT2D eigenvalue weighted by Crippen LogP contribution is 2.10. The fourth-order valence-electron chi connectivity index (χ4n) is 0.918. The lowest BCUT2D eigenvalue weighted by Gasteiger charge is -2.08. The summed E-state index contributed by atoms with van der Waals surface area (Å²) in [5.41, 5.74) is 5.59. The van der Waals surface area contributed by atoms with Crippen LogP contribution < -0.4 is 10.5 Å². The van der Waals surface area contributed by atoms with Crippen LogP contribution in [0.5, 0.6) is 5.75 Å². The van der Waals surface area contributed by atoms with E-state index in [0.29, 0.717) is 11.4 Å². The summed E-state index contributed by atoms with van der Waals surface area (Å²) in [6.45, 7) is 1.64. The number of hydrogen-bond donors (Lipinski definition) is 3. The lowest BCUT2D eigenvalue weighted by Crippen LogP contribution is -2.18. The van der Waals surface area contributed by atoms with Gasteiger partial charge in [0.05, 0.1) is 12.1 Å². The minimum Gasteiger partial charge on any atom is -0.491 e. The van der Waals surface area contributed by atoms with E-state index in [1.807, 2.05) is 0 Å². The Hall–Kier alpha value is -2.11. The summed E-state index contributed by atoms with van der Waals surface area (Å²) < 4.78 is 5.21. The molecular formula is C10H13N3O3. The van der Waals surface area contributed by atoms with Gasteiger partial charge in [-0.2, -0.15) is 0 Å². The molecule has 0 bridgehead atoms. The Morgan fingerprint density at radius 2 is 2.38 bits per heavy atom. The Bertz CT molecular complexity index is 389. The van der Waals surface area contributed by atoms with Crippen LogP contribution in [0.15, 0.2) is 18.3 Å². The van der Waals surface area contributed by atoms with Gasteiger partial charge in [0, 0.05) is 0 Å². The number of carboxylic acid groups (broad SMARTS) is 1. The van der Waals surface area contributed by atoms with E-state index in [0.717, 1.165) is 0 Å². The summed E-state index contributed by atoms with van der Waals surface area (Å²) in [6, 6.07) is 3.14. The molecule has 1 heterocycles. The Labute approximate surface area is 92.6 Å². The predicted octanol–water partition coefficient (Wildman–Crippen LogP) is 0.465. The number of nitrogen functional groups attached to an aromatic ring is 1. The smallest absolute Gasteiger partial charge is 0.309 e. The summed E-state index contributed by atoms with van der Waals surface area (Å²) in [4.78, 5) is 14.4. The zero-order valence-electron chi connectivity index (χ0n) is 8.80. The quantitative estimate of drug-likeness (QED) is 0.496. The first-order chi connectivity index (χ1) is 7.50. The third-order valence-corrected chi connectivity index (χ3v) is 1.93. The summed E-state index contributed by atoms with van der Waals surface area (Å²) in [5.74, 6) is -1.15. The van der Waals surface area contributed by atoms with E-state index < -0.39 is 11.9 Å². The van der Waals surface area contributed by atoms with E-state index in [2.05, 4.69) is 4.98 Å². The molecule has 16 heavy (non-hydrogen) atoms. The van der Waals surface area contributed by atoms with Gasteiger partial charge in [-0.3, -0.25) is 10.2 Å². The average molecular weight is 223 g/mol. The molecule has 0 aliphatic heterocycles. The maximum Gasteiger partial charge on any atom is 0.309 e. The SMILES string of the molecule is C[C@H](COc1ccc(C(=N)N)nc1)C(=O)O. The number of ether oxygens (including phenoxy) is 1. The Morgan fingerprint density at radius 1 is 1.69 bits per heavy atom. The monoisotopic (exact) mass is 223 g/mol. The first-order valence-corrected chi connectivity index (χ1v) is 4.66. The van der Waals surface area contributed by atoms with E-state index in [9.17, 15) is 4.79 Å². The maximum absolute atomic E-state index is 10.5. The van der Waals surface area contributed by atoms with E-state index in [1.54, 1.807) is 19.1 Å². The maximum atomic E-state index is 10.5. The van der Waals surface area contributed by atoms with E-state index in [-0.39, 0.29) is 12.4 Å². The van der Waals surface area contributed by atoms with E-state index in [1.165, 1.54) is 6.20 Å². The topological polar surface area (TPSA) is 109 Å². The minimum atomic E-state index is -0.909. The van der Waals surface area contributed by atoms with Crippen LogP contribution in [0.1, 0.15) is 12.6 Å². The van der Waals surface area contributed by atoms with Crippen LogP contribution in [0, 0.1) is 11.3 Å². The molecule has 0 aromatic carbocycles. The molecule has 6 heteroatoms. The molecule has 0 fully saturated rings. The Kier molecular flexibility index (Phi) is 3.82. The highest BCUT2D eigenvalue weighted by Gasteiger charge is 2.11. The van der Waals surface area contributed by atoms with Gasteiger partial charge in [0.1, 0.15) is 23.9 Å². The molecule has 1 aromatic rings. The van der Waals surface area contributed by atoms with Crippen molar-refractivity contribution in [1.82, 2.24) is 4.98 Å². The van der Waals surface area contributed by atoms with Crippen molar-refractivity contribution in [2.24, 2.45) is 11.7 Å². The molecule has 0 saturated heterocycles. The summed E-state index contributed by atoms with van der Waals surface area (Å²) in [5, 5.41) is 15.8. The van der Waals surface area contributed by atoms with Crippen molar-refractivity contribution >= 4 is 11.8 Å². The van der Waals surface area contributed by atoms with Gasteiger partial charge in [0.2, 0.25) is 0 Å². The van der Waals surface area contributed by atoms with Crippen LogP contribution in [-0.4, -0.2) is 28.5 Å². The summed E-state index contributed by atoms with van der Waals surface area (Å²) in [7, 11) is 0. The van der Waals surface area contributed by atoms with Crippen molar-refractivity contribution < 1.29 is 14.6 Å². The molecular weight excluding hydrogens is 210 g/mol. The number of nitrogens with one attached hydrogen (secondary N) is 1. The number of hydrogen-bond acceptors (Lipinski definition) is 4. The normalized spacial score (nSPS) is 11.8. The highest BCUT2D eigenvalue weighted by atomic mass is 16.5. The van der Waals surface area contributed by atoms with Crippen molar-refractivity contribution in [3.8, 4) is 5.75 Å². The molecule has 0 aliphatic rings. The number of nitrogens with zero attached hydrogens (tertiary/aromatic N) is 1. The van der Waals surface area contributed by atoms with Gasteiger partial charge < -0.3 is 15.6 Å². The first-order valence-electron chi connectivity index (χ1n) is 4.66. The second kappa shape index (κ2) is 5.11. The largest absolute Gasteiger partial charge is 0.491 e. The predicted molar refractivity (Wildman–Crippen MR) is 57.5 cm³/mol. The van der Waals surface area contributed by atoms with Crippen LogP contribution in [0.2, 0.25) is 0 Å². The van der Waals surface area contributed by atoms with Gasteiger partial charge in [-0.05, 0) is 19.1 Å². The lowest BCUT2D eigenvalue weighted by molar-refractivity contribution is -0.142. The van der Waals surface area contributed by atoms with Crippen molar-refractivity contribution in [3.05, 3.63) is 24.0 Å². The number of pyridine rings is 1. The van der Waals surface area contributed by atoms with Gasteiger partial charge in [-0.15, -0.1) is 0 Å². The summed E-state index contributed by atoms with van der Waals surface area (Å²) >= 11 is 0. The second-order valence-electron chi connectivity index (χ2n) is 3.34. The van der Waals surface area contributed by atoms with Gasteiger partial charge in [-0.1, -0.05) is 0 Å². The molecule has 0 amide bonds. The number of nitrogens with two attached hydrogens (primary N) is 1. The third-order valence-electron chi connectivity index (χ3n) is 1.93. The molecule has 0 spiro atoms. The molecule has 0 aliphatic carbocycles. The molecule has 6 nitrogen and oxygen atoms in total. The second-order valence-corrected chi connectivity index (χ2v) is 3.34. The van der Waals surface area contributed by atoms with E-state index in [4.69, 9.17) is 21.0 Å². The van der Waals surface area contributed by atoms with Crippen molar-refractivity contribution in [3.63, 3.8) is 0 Å². The van der Waals surface area contributed by atoms with E-state index >= 15 is 0 Å². The number of aromatic nitrogens is 1. The molecule has 86 valence electrons. The highest BCUT2D eigenvalue weighted by molar-refractivity contribution is 5.92. The number of aliphatic carboxylic acids is 1. The van der Waals surface area contributed by atoms with Gasteiger partial charge in [0.25, 0.3) is 0 Å². The number of rotatable bonds is 5. The lowest BCUT2D eigenvalue weighted by atomic mass is 10.2. The average Bonchev–Trinajstić information content (AvgIpc) is 2.26. The standard InChI is InChI=1S/C10H13N3O3/c1-6(10(14)15)5-16-7-2-3-8(9(11)12)13-4-7/h2-4,6H,5H2,1H3,(H3,11,12)(H,14,15)/t6-/m1/s1. The summed E-state index contributed by atoms with van der Waals surface area (Å²) in [6.07, 6.45) is 1.41. The first kappa shape index (κ1) is 12.0. The molecule has 1 rings (SSSR count). The Balaban J connectivity index is 2.56.